The topological polar surface area (TPSA) is 59.3 Å². The molecule has 1 amide bonds. The predicted molar refractivity (Wildman–Crippen MR) is 97.8 cm³/mol. The molecule has 0 aliphatic heterocycles. The average Bonchev–Trinajstić information content (AvgIpc) is 3.03. The molecule has 0 bridgehead atoms. The summed E-state index contributed by atoms with van der Waals surface area (Å²) >= 11 is 5.91. The minimum absolute atomic E-state index is 0.0256. The van der Waals surface area contributed by atoms with Crippen LogP contribution in [0.3, 0.4) is 0 Å². The molecule has 2 aromatic heterocycles. The van der Waals surface area contributed by atoms with Gasteiger partial charge in [-0.15, -0.1) is 5.10 Å². The number of carbonyl (C=O) groups is 1. The van der Waals surface area contributed by atoms with Crippen molar-refractivity contribution in [2.45, 2.75) is 0 Å². The van der Waals surface area contributed by atoms with Gasteiger partial charge in [0.05, 0.1) is 10.6 Å². The molecular formula is C19H12ClFN4O. The Labute approximate surface area is 153 Å². The highest BCUT2D eigenvalue weighted by Crippen LogP contribution is 2.21. The summed E-state index contributed by atoms with van der Waals surface area (Å²) in [5, 5.41) is 6.82. The second-order valence-corrected chi connectivity index (χ2v) is 6.01. The van der Waals surface area contributed by atoms with Crippen molar-refractivity contribution in [1.82, 2.24) is 14.6 Å². The first-order valence-electron chi connectivity index (χ1n) is 7.78. The van der Waals surface area contributed by atoms with Gasteiger partial charge in [-0.2, -0.15) is 4.98 Å². The molecule has 2 aromatic carbocycles. The third-order valence-electron chi connectivity index (χ3n) is 3.85. The molecule has 0 aliphatic carbocycles. The number of benzene rings is 2. The maximum atomic E-state index is 13.1. The summed E-state index contributed by atoms with van der Waals surface area (Å²) in [5.74, 6) is -0.874. The number of nitrogens with one attached hydrogen (secondary N) is 1. The van der Waals surface area contributed by atoms with Crippen LogP contribution in [-0.2, 0) is 0 Å². The molecule has 0 saturated carbocycles. The molecule has 4 rings (SSSR count). The highest BCUT2D eigenvalue weighted by atomic mass is 35.5. The van der Waals surface area contributed by atoms with E-state index < -0.39 is 11.7 Å². The van der Waals surface area contributed by atoms with E-state index in [2.05, 4.69) is 15.4 Å². The highest BCUT2D eigenvalue weighted by molar-refractivity contribution is 6.34. The van der Waals surface area contributed by atoms with Crippen LogP contribution in [0.1, 0.15) is 10.4 Å². The van der Waals surface area contributed by atoms with E-state index in [-0.39, 0.29) is 16.5 Å². The molecule has 26 heavy (non-hydrogen) atoms. The molecule has 0 unspecified atom stereocenters. The van der Waals surface area contributed by atoms with Crippen LogP contribution in [0.15, 0.2) is 66.9 Å². The first-order valence-corrected chi connectivity index (χ1v) is 8.16. The number of fused-ring (bicyclic) bond motifs is 1. The molecular weight excluding hydrogens is 355 g/mol. The molecule has 0 fully saturated rings. The fourth-order valence-electron chi connectivity index (χ4n) is 2.59. The number of hydrogen-bond donors (Lipinski definition) is 1. The summed E-state index contributed by atoms with van der Waals surface area (Å²) < 4.78 is 14.7. The van der Waals surface area contributed by atoms with Gasteiger partial charge in [0.2, 0.25) is 5.95 Å². The molecule has 128 valence electrons. The first kappa shape index (κ1) is 16.2. The number of nitrogens with zero attached hydrogens (tertiary/aromatic N) is 3. The van der Waals surface area contributed by atoms with E-state index in [1.165, 1.54) is 12.1 Å². The lowest BCUT2D eigenvalue weighted by Crippen LogP contribution is -2.13. The van der Waals surface area contributed by atoms with Crippen molar-refractivity contribution in [2.24, 2.45) is 0 Å². The third kappa shape index (κ3) is 3.14. The molecule has 0 atom stereocenters. The van der Waals surface area contributed by atoms with Crippen molar-refractivity contribution in [1.29, 1.82) is 0 Å². The number of amides is 1. The van der Waals surface area contributed by atoms with Crippen LogP contribution in [0.4, 0.5) is 10.3 Å². The molecule has 4 aromatic rings. The van der Waals surface area contributed by atoms with Crippen molar-refractivity contribution < 1.29 is 9.18 Å². The molecule has 1 N–H and O–H groups in total. The van der Waals surface area contributed by atoms with Crippen LogP contribution in [0, 0.1) is 5.82 Å². The third-order valence-corrected chi connectivity index (χ3v) is 4.16. The van der Waals surface area contributed by atoms with E-state index in [9.17, 15) is 9.18 Å². The first-order chi connectivity index (χ1) is 12.6. The minimum atomic E-state index is -0.508. The Morgan fingerprint density at radius 3 is 2.62 bits per heavy atom. The van der Waals surface area contributed by atoms with Gasteiger partial charge in [-0.05, 0) is 41.5 Å². The number of halogens is 2. The summed E-state index contributed by atoms with van der Waals surface area (Å²) in [5.41, 5.74) is 2.79. The largest absolute Gasteiger partial charge is 0.289 e. The number of rotatable bonds is 3. The number of pyridine rings is 1. The number of aromatic nitrogens is 3. The Morgan fingerprint density at radius 1 is 1.04 bits per heavy atom. The molecule has 0 spiro atoms. The normalized spacial score (nSPS) is 10.8. The number of hydrogen-bond acceptors (Lipinski definition) is 3. The molecule has 0 radical (unpaired) electrons. The minimum Gasteiger partial charge on any atom is -0.289 e. The average molecular weight is 367 g/mol. The number of anilines is 1. The SMILES string of the molecule is O=C(Nc1nc2cc(-c3ccccc3)ccn2n1)c1ccc(F)cc1Cl. The lowest BCUT2D eigenvalue weighted by molar-refractivity contribution is 0.102. The highest BCUT2D eigenvalue weighted by Gasteiger charge is 2.14. The Kier molecular flexibility index (Phi) is 4.10. The predicted octanol–water partition coefficient (Wildman–Crippen LogP) is 4.44. The Morgan fingerprint density at radius 2 is 1.85 bits per heavy atom. The quantitative estimate of drug-likeness (QED) is 0.583. The number of carbonyl (C=O) groups excluding carboxylic acids is 1. The van der Waals surface area contributed by atoms with Gasteiger partial charge >= 0.3 is 0 Å². The van der Waals surface area contributed by atoms with Gasteiger partial charge in [0.25, 0.3) is 5.91 Å². The maximum Gasteiger partial charge on any atom is 0.259 e. The van der Waals surface area contributed by atoms with Crippen LogP contribution >= 0.6 is 11.6 Å². The van der Waals surface area contributed by atoms with Crippen molar-refractivity contribution >= 4 is 29.1 Å². The molecule has 7 heteroatoms. The summed E-state index contributed by atoms with van der Waals surface area (Å²) in [6.07, 6.45) is 1.77. The van der Waals surface area contributed by atoms with Gasteiger partial charge in [0.15, 0.2) is 5.65 Å². The van der Waals surface area contributed by atoms with Crippen LogP contribution in [0.25, 0.3) is 16.8 Å². The second-order valence-electron chi connectivity index (χ2n) is 5.60. The van der Waals surface area contributed by atoms with Gasteiger partial charge < -0.3 is 0 Å². The van der Waals surface area contributed by atoms with E-state index >= 15 is 0 Å². The van der Waals surface area contributed by atoms with Crippen LogP contribution in [0.5, 0.6) is 0 Å². The van der Waals surface area contributed by atoms with Crippen LogP contribution < -0.4 is 5.32 Å². The zero-order valence-electron chi connectivity index (χ0n) is 13.4. The molecule has 0 aliphatic rings. The van der Waals surface area contributed by atoms with Crippen molar-refractivity contribution in [3.8, 4) is 11.1 Å². The van der Waals surface area contributed by atoms with Crippen molar-refractivity contribution in [2.75, 3.05) is 5.32 Å². The lowest BCUT2D eigenvalue weighted by Gasteiger charge is -2.03. The summed E-state index contributed by atoms with van der Waals surface area (Å²) in [6, 6.07) is 17.2. The zero-order valence-corrected chi connectivity index (χ0v) is 14.1. The lowest BCUT2D eigenvalue weighted by atomic mass is 10.1. The standard InChI is InChI=1S/C19H12ClFN4O/c20-16-11-14(21)6-7-15(16)18(26)23-19-22-17-10-13(8-9-25(17)24-19)12-4-2-1-3-5-12/h1-11H,(H,23,24,26). The molecule has 5 nitrogen and oxygen atoms in total. The summed E-state index contributed by atoms with van der Waals surface area (Å²) in [4.78, 5) is 16.6. The molecule has 0 saturated heterocycles. The van der Waals surface area contributed by atoms with E-state index in [0.29, 0.717) is 5.65 Å². The fourth-order valence-corrected chi connectivity index (χ4v) is 2.84. The van der Waals surface area contributed by atoms with Crippen LogP contribution in [-0.4, -0.2) is 20.5 Å². The van der Waals surface area contributed by atoms with Gasteiger partial charge in [-0.3, -0.25) is 10.1 Å². The monoisotopic (exact) mass is 366 g/mol. The van der Waals surface area contributed by atoms with Gasteiger partial charge in [0, 0.05) is 6.20 Å². The van der Waals surface area contributed by atoms with E-state index in [1.54, 1.807) is 10.7 Å². The second kappa shape index (κ2) is 6.57. The van der Waals surface area contributed by atoms with Crippen molar-refractivity contribution in [3.05, 3.63) is 83.3 Å². The fraction of sp³-hybridized carbons (Fsp3) is 0. The molecule has 2 heterocycles. The van der Waals surface area contributed by atoms with Gasteiger partial charge in [-0.1, -0.05) is 41.9 Å². The van der Waals surface area contributed by atoms with Gasteiger partial charge in [-0.25, -0.2) is 8.91 Å². The zero-order chi connectivity index (χ0) is 18.1. The van der Waals surface area contributed by atoms with E-state index in [1.807, 2.05) is 42.5 Å². The van der Waals surface area contributed by atoms with E-state index in [4.69, 9.17) is 11.6 Å². The maximum absolute atomic E-state index is 13.1. The summed E-state index contributed by atoms with van der Waals surface area (Å²) in [7, 11) is 0. The Balaban J connectivity index is 1.62. The van der Waals surface area contributed by atoms with Crippen LogP contribution in [0.2, 0.25) is 5.02 Å². The Hall–Kier alpha value is -3.25. The Bertz CT molecular complexity index is 1110. The summed E-state index contributed by atoms with van der Waals surface area (Å²) in [6.45, 7) is 0. The van der Waals surface area contributed by atoms with E-state index in [0.717, 1.165) is 17.2 Å². The smallest absolute Gasteiger partial charge is 0.259 e. The van der Waals surface area contributed by atoms with Gasteiger partial charge in [0.1, 0.15) is 5.82 Å². The van der Waals surface area contributed by atoms with Crippen molar-refractivity contribution in [3.63, 3.8) is 0 Å².